The maximum Gasteiger partial charge on any atom is 0.0724 e. The number of hydrogen-bond acceptors (Lipinski definition) is 3. The van der Waals surface area contributed by atoms with Gasteiger partial charge in [0.1, 0.15) is 0 Å². The normalized spacial score (nSPS) is 10.7. The van der Waals surface area contributed by atoms with E-state index in [1.807, 2.05) is 42.5 Å². The molecule has 0 aliphatic carbocycles. The number of nitrogen functional groups attached to an aromatic ring is 1. The summed E-state index contributed by atoms with van der Waals surface area (Å²) in [6.45, 7) is 0. The van der Waals surface area contributed by atoms with E-state index in [4.69, 9.17) is 17.3 Å². The largest absolute Gasteiger partial charge is 0.396 e. The van der Waals surface area contributed by atoms with Gasteiger partial charge in [0.05, 0.1) is 22.6 Å². The molecule has 0 spiro atoms. The first kappa shape index (κ1) is 13.5. The van der Waals surface area contributed by atoms with Crippen LogP contribution in [0.1, 0.15) is 0 Å². The fourth-order valence-electron chi connectivity index (χ4n) is 2.02. The second-order valence-corrected chi connectivity index (χ2v) is 5.94. The smallest absolute Gasteiger partial charge is 0.0724 e. The number of benzene rings is 2. The van der Waals surface area contributed by atoms with Crippen LogP contribution in [-0.4, -0.2) is 4.98 Å². The van der Waals surface area contributed by atoms with Crippen molar-refractivity contribution in [2.45, 2.75) is 0 Å². The van der Waals surface area contributed by atoms with Crippen LogP contribution >= 0.6 is 34.2 Å². The number of rotatable bonds is 2. The van der Waals surface area contributed by atoms with Crippen LogP contribution in [0.4, 0.5) is 17.1 Å². The highest BCUT2D eigenvalue weighted by Crippen LogP contribution is 2.32. The van der Waals surface area contributed by atoms with Gasteiger partial charge in [-0.3, -0.25) is 4.98 Å². The molecule has 0 unspecified atom stereocenters. The molecule has 5 heteroatoms. The van der Waals surface area contributed by atoms with Crippen LogP contribution in [0, 0.1) is 3.57 Å². The number of hydrogen-bond donors (Lipinski definition) is 2. The van der Waals surface area contributed by atoms with Gasteiger partial charge in [0.2, 0.25) is 0 Å². The minimum Gasteiger partial charge on any atom is -0.396 e. The lowest BCUT2D eigenvalue weighted by Gasteiger charge is -2.13. The van der Waals surface area contributed by atoms with Crippen molar-refractivity contribution in [3.05, 3.63) is 57.3 Å². The molecular weight excluding hydrogens is 385 g/mol. The van der Waals surface area contributed by atoms with Crippen molar-refractivity contribution in [2.75, 3.05) is 11.1 Å². The average molecular weight is 396 g/mol. The van der Waals surface area contributed by atoms with Crippen molar-refractivity contribution in [1.29, 1.82) is 0 Å². The van der Waals surface area contributed by atoms with Crippen LogP contribution in [0.25, 0.3) is 10.9 Å². The lowest BCUT2D eigenvalue weighted by molar-refractivity contribution is 1.41. The summed E-state index contributed by atoms with van der Waals surface area (Å²) in [7, 11) is 0. The van der Waals surface area contributed by atoms with E-state index in [2.05, 4.69) is 32.9 Å². The lowest BCUT2D eigenvalue weighted by Crippen LogP contribution is -1.99. The Morgan fingerprint density at radius 3 is 2.70 bits per heavy atom. The molecule has 1 aromatic heterocycles. The Morgan fingerprint density at radius 1 is 1.10 bits per heavy atom. The third-order valence-electron chi connectivity index (χ3n) is 3.03. The molecule has 0 bridgehead atoms. The highest BCUT2D eigenvalue weighted by molar-refractivity contribution is 14.1. The van der Waals surface area contributed by atoms with Gasteiger partial charge in [-0.15, -0.1) is 0 Å². The van der Waals surface area contributed by atoms with Crippen molar-refractivity contribution in [1.82, 2.24) is 4.98 Å². The SMILES string of the molecule is Nc1c(Nc2ccc(Cl)cc2I)ccc2ncccc12. The highest BCUT2D eigenvalue weighted by Gasteiger charge is 2.07. The summed E-state index contributed by atoms with van der Waals surface area (Å²) in [6.07, 6.45) is 1.76. The maximum absolute atomic E-state index is 6.22. The molecule has 3 rings (SSSR count). The molecule has 0 radical (unpaired) electrons. The zero-order chi connectivity index (χ0) is 14.1. The van der Waals surface area contributed by atoms with E-state index >= 15 is 0 Å². The molecule has 20 heavy (non-hydrogen) atoms. The van der Waals surface area contributed by atoms with Gasteiger partial charge in [-0.2, -0.15) is 0 Å². The monoisotopic (exact) mass is 395 g/mol. The van der Waals surface area contributed by atoms with Gasteiger partial charge in [0, 0.05) is 20.2 Å². The van der Waals surface area contributed by atoms with Crippen LogP contribution in [0.3, 0.4) is 0 Å². The van der Waals surface area contributed by atoms with Crippen molar-refractivity contribution < 1.29 is 0 Å². The van der Waals surface area contributed by atoms with Crippen LogP contribution in [0.15, 0.2) is 48.7 Å². The van der Waals surface area contributed by atoms with Crippen molar-refractivity contribution in [3.8, 4) is 0 Å². The number of halogens is 2. The quantitative estimate of drug-likeness (QED) is 0.483. The summed E-state index contributed by atoms with van der Waals surface area (Å²) in [4.78, 5) is 4.29. The topological polar surface area (TPSA) is 50.9 Å². The Bertz CT molecular complexity index is 789. The van der Waals surface area contributed by atoms with Gasteiger partial charge in [-0.05, 0) is 65.1 Å². The Kier molecular flexibility index (Phi) is 3.67. The Balaban J connectivity index is 2.04. The number of nitrogens with zero attached hydrogens (tertiary/aromatic N) is 1. The molecule has 0 saturated heterocycles. The minimum atomic E-state index is 0.696. The summed E-state index contributed by atoms with van der Waals surface area (Å²) in [5.74, 6) is 0. The standard InChI is InChI=1S/C15H11ClIN3/c16-9-3-4-13(11(17)8-9)20-14-6-5-12-10(15(14)18)2-1-7-19-12/h1-8,20H,18H2. The summed E-state index contributed by atoms with van der Waals surface area (Å²) < 4.78 is 1.04. The zero-order valence-corrected chi connectivity index (χ0v) is 13.3. The van der Waals surface area contributed by atoms with Gasteiger partial charge < -0.3 is 11.1 Å². The van der Waals surface area contributed by atoms with Crippen LogP contribution in [-0.2, 0) is 0 Å². The number of nitrogens with one attached hydrogen (secondary N) is 1. The fourth-order valence-corrected chi connectivity index (χ4v) is 3.03. The molecule has 0 saturated carbocycles. The minimum absolute atomic E-state index is 0.696. The molecule has 3 aromatic rings. The van der Waals surface area contributed by atoms with Gasteiger partial charge in [0.25, 0.3) is 0 Å². The second kappa shape index (κ2) is 5.46. The van der Waals surface area contributed by atoms with E-state index in [0.29, 0.717) is 5.69 Å². The van der Waals surface area contributed by atoms with Crippen LogP contribution in [0.5, 0.6) is 0 Å². The molecule has 0 atom stereocenters. The third kappa shape index (κ3) is 2.53. The molecule has 0 aliphatic rings. The molecule has 3 N–H and O–H groups in total. The third-order valence-corrected chi connectivity index (χ3v) is 4.15. The number of nitrogens with two attached hydrogens (primary N) is 1. The summed E-state index contributed by atoms with van der Waals surface area (Å²) in [6, 6.07) is 13.4. The number of anilines is 3. The first-order chi connectivity index (χ1) is 9.65. The molecule has 3 nitrogen and oxygen atoms in total. The number of pyridine rings is 1. The summed E-state index contributed by atoms with van der Waals surface area (Å²) in [5.41, 5.74) is 9.64. The van der Waals surface area contributed by atoms with Gasteiger partial charge in [-0.1, -0.05) is 11.6 Å². The van der Waals surface area contributed by atoms with E-state index in [0.717, 1.165) is 30.9 Å². The average Bonchev–Trinajstić information content (AvgIpc) is 2.45. The van der Waals surface area contributed by atoms with Crippen molar-refractivity contribution in [2.24, 2.45) is 0 Å². The summed E-state index contributed by atoms with van der Waals surface area (Å²) in [5, 5.41) is 5.00. The molecule has 0 amide bonds. The van der Waals surface area contributed by atoms with Crippen LogP contribution in [0.2, 0.25) is 5.02 Å². The Morgan fingerprint density at radius 2 is 1.90 bits per heavy atom. The maximum atomic E-state index is 6.22. The van der Waals surface area contributed by atoms with E-state index in [1.165, 1.54) is 0 Å². The molecule has 2 aromatic carbocycles. The second-order valence-electron chi connectivity index (χ2n) is 4.35. The van der Waals surface area contributed by atoms with Crippen molar-refractivity contribution >= 4 is 62.2 Å². The van der Waals surface area contributed by atoms with E-state index in [1.54, 1.807) is 6.20 Å². The molecule has 0 aliphatic heterocycles. The Hall–Kier alpha value is -1.53. The lowest BCUT2D eigenvalue weighted by atomic mass is 10.1. The zero-order valence-electron chi connectivity index (χ0n) is 10.4. The number of fused-ring (bicyclic) bond motifs is 1. The molecular formula is C15H11ClIN3. The predicted octanol–water partition coefficient (Wildman–Crippen LogP) is 4.82. The van der Waals surface area contributed by atoms with Gasteiger partial charge >= 0.3 is 0 Å². The highest BCUT2D eigenvalue weighted by atomic mass is 127. The molecule has 1 heterocycles. The first-order valence-corrected chi connectivity index (χ1v) is 7.46. The van der Waals surface area contributed by atoms with Crippen molar-refractivity contribution in [3.63, 3.8) is 0 Å². The first-order valence-electron chi connectivity index (χ1n) is 6.00. The van der Waals surface area contributed by atoms with E-state index < -0.39 is 0 Å². The van der Waals surface area contributed by atoms with Gasteiger partial charge in [0.15, 0.2) is 0 Å². The van der Waals surface area contributed by atoms with E-state index in [9.17, 15) is 0 Å². The Labute approximate surface area is 135 Å². The fraction of sp³-hybridized carbons (Fsp3) is 0. The summed E-state index contributed by atoms with van der Waals surface area (Å²) >= 11 is 8.21. The molecule has 0 fully saturated rings. The predicted molar refractivity (Wildman–Crippen MR) is 93.6 cm³/mol. The van der Waals surface area contributed by atoms with Gasteiger partial charge in [-0.25, -0.2) is 0 Å². The van der Waals surface area contributed by atoms with Crippen LogP contribution < -0.4 is 11.1 Å². The van der Waals surface area contributed by atoms with E-state index in [-0.39, 0.29) is 0 Å². The number of aromatic nitrogens is 1. The molecule has 100 valence electrons.